The fourth-order valence-corrected chi connectivity index (χ4v) is 3.62. The average molecular weight is 368 g/mol. The normalized spacial score (nSPS) is 17.0. The highest BCUT2D eigenvalue weighted by molar-refractivity contribution is 7.80. The van der Waals surface area contributed by atoms with E-state index in [0.717, 1.165) is 18.2 Å². The molecule has 2 aromatic carbocycles. The van der Waals surface area contributed by atoms with Crippen LogP contribution >= 0.6 is 12.2 Å². The smallest absolute Gasteiger partial charge is 0.171 e. The van der Waals surface area contributed by atoms with Crippen molar-refractivity contribution in [1.82, 2.24) is 5.32 Å². The lowest BCUT2D eigenvalue weighted by molar-refractivity contribution is 0.447. The van der Waals surface area contributed by atoms with Crippen LogP contribution in [0.1, 0.15) is 36.5 Å². The second kappa shape index (κ2) is 8.54. The van der Waals surface area contributed by atoms with E-state index in [1.165, 1.54) is 48.3 Å². The maximum atomic E-state index is 5.42. The lowest BCUT2D eigenvalue weighted by Gasteiger charge is -2.32. The molecule has 0 aliphatic carbocycles. The van der Waals surface area contributed by atoms with Crippen LogP contribution in [0.2, 0.25) is 0 Å². The highest BCUT2D eigenvalue weighted by Crippen LogP contribution is 2.23. The number of hydrogen-bond donors (Lipinski definition) is 2. The first-order valence-corrected chi connectivity index (χ1v) is 9.88. The molecule has 1 fully saturated rings. The van der Waals surface area contributed by atoms with E-state index in [1.807, 2.05) is 0 Å². The molecule has 3 rings (SSSR count). The zero-order valence-corrected chi connectivity index (χ0v) is 16.8. The number of nitrogens with one attached hydrogen (secondary N) is 2. The Morgan fingerprint density at radius 2 is 1.88 bits per heavy atom. The van der Waals surface area contributed by atoms with Gasteiger partial charge in [0.25, 0.3) is 0 Å². The number of benzene rings is 2. The summed E-state index contributed by atoms with van der Waals surface area (Å²) in [5.74, 6) is 0.791. The van der Waals surface area contributed by atoms with Crippen LogP contribution in [0, 0.1) is 19.8 Å². The minimum Gasteiger partial charge on any atom is -0.371 e. The Bertz CT molecular complexity index is 754. The van der Waals surface area contributed by atoms with Crippen molar-refractivity contribution in [2.24, 2.45) is 5.92 Å². The summed E-state index contributed by atoms with van der Waals surface area (Å²) in [5, 5.41) is 7.21. The van der Waals surface area contributed by atoms with Gasteiger partial charge in [-0.2, -0.15) is 0 Å². The minimum atomic E-state index is 0.655. The summed E-state index contributed by atoms with van der Waals surface area (Å²) in [5.41, 5.74) is 6.15. The highest BCUT2D eigenvalue weighted by Gasteiger charge is 2.16. The summed E-state index contributed by atoms with van der Waals surface area (Å²) in [6.07, 6.45) is 2.65. The molecule has 3 nitrogen and oxygen atoms in total. The molecule has 4 heteroatoms. The van der Waals surface area contributed by atoms with Crippen molar-refractivity contribution in [2.45, 2.75) is 40.2 Å². The van der Waals surface area contributed by atoms with Gasteiger partial charge >= 0.3 is 0 Å². The van der Waals surface area contributed by atoms with Crippen molar-refractivity contribution in [3.8, 4) is 0 Å². The van der Waals surface area contributed by atoms with E-state index in [2.05, 4.69) is 78.8 Å². The molecule has 2 aromatic rings. The molecular formula is C22H29N3S. The van der Waals surface area contributed by atoms with Gasteiger partial charge in [-0.15, -0.1) is 0 Å². The Balaban J connectivity index is 1.51. The number of nitrogens with zero attached hydrogens (tertiary/aromatic N) is 1. The van der Waals surface area contributed by atoms with Crippen molar-refractivity contribution in [3.63, 3.8) is 0 Å². The van der Waals surface area contributed by atoms with Gasteiger partial charge < -0.3 is 15.5 Å². The van der Waals surface area contributed by atoms with Crippen molar-refractivity contribution >= 4 is 28.7 Å². The average Bonchev–Trinajstić information content (AvgIpc) is 2.63. The van der Waals surface area contributed by atoms with Gasteiger partial charge in [0, 0.05) is 31.0 Å². The van der Waals surface area contributed by atoms with Crippen LogP contribution in [0.3, 0.4) is 0 Å². The van der Waals surface area contributed by atoms with Crippen LogP contribution in [0.5, 0.6) is 0 Å². The van der Waals surface area contributed by atoms with Crippen molar-refractivity contribution in [2.75, 3.05) is 23.3 Å². The first-order valence-electron chi connectivity index (χ1n) is 9.47. The zero-order chi connectivity index (χ0) is 18.5. The van der Waals surface area contributed by atoms with E-state index in [9.17, 15) is 0 Å². The Morgan fingerprint density at radius 1 is 1.12 bits per heavy atom. The van der Waals surface area contributed by atoms with E-state index in [-0.39, 0.29) is 0 Å². The quantitative estimate of drug-likeness (QED) is 0.742. The summed E-state index contributed by atoms with van der Waals surface area (Å²) in [6.45, 7) is 9.64. The molecule has 1 heterocycles. The summed E-state index contributed by atoms with van der Waals surface area (Å²) < 4.78 is 0. The van der Waals surface area contributed by atoms with Crippen LogP contribution in [0.15, 0.2) is 42.5 Å². The maximum Gasteiger partial charge on any atom is 0.171 e. The SMILES string of the molecule is Cc1ccc(NC(=S)NCc2ccc(N3CCCC(C)C3)cc2)cc1C. The molecule has 138 valence electrons. The number of hydrogen-bond acceptors (Lipinski definition) is 2. The molecule has 2 N–H and O–H groups in total. The van der Waals surface area contributed by atoms with Crippen molar-refractivity contribution in [3.05, 3.63) is 59.2 Å². The second-order valence-electron chi connectivity index (χ2n) is 7.47. The van der Waals surface area contributed by atoms with Gasteiger partial charge in [0.1, 0.15) is 0 Å². The minimum absolute atomic E-state index is 0.655. The first kappa shape index (κ1) is 18.7. The third-order valence-electron chi connectivity index (χ3n) is 5.18. The molecule has 1 unspecified atom stereocenters. The number of anilines is 2. The number of piperidine rings is 1. The van der Waals surface area contributed by atoms with E-state index in [1.54, 1.807) is 0 Å². The highest BCUT2D eigenvalue weighted by atomic mass is 32.1. The number of rotatable bonds is 4. The van der Waals surface area contributed by atoms with E-state index >= 15 is 0 Å². The molecule has 1 aliphatic rings. The topological polar surface area (TPSA) is 27.3 Å². The van der Waals surface area contributed by atoms with Crippen LogP contribution in [0.4, 0.5) is 11.4 Å². The van der Waals surface area contributed by atoms with Crippen molar-refractivity contribution < 1.29 is 0 Å². The Kier molecular flexibility index (Phi) is 6.15. The van der Waals surface area contributed by atoms with Gasteiger partial charge in [0.05, 0.1) is 0 Å². The molecule has 1 aliphatic heterocycles. The van der Waals surface area contributed by atoms with Crippen LogP contribution in [-0.2, 0) is 6.54 Å². The Morgan fingerprint density at radius 3 is 2.58 bits per heavy atom. The summed E-state index contributed by atoms with van der Waals surface area (Å²) in [7, 11) is 0. The molecule has 0 aromatic heterocycles. The summed E-state index contributed by atoms with van der Waals surface area (Å²) in [4.78, 5) is 2.50. The van der Waals surface area contributed by atoms with E-state index in [4.69, 9.17) is 12.2 Å². The molecule has 0 saturated carbocycles. The van der Waals surface area contributed by atoms with E-state index in [0.29, 0.717) is 5.11 Å². The van der Waals surface area contributed by atoms with Gasteiger partial charge in [-0.3, -0.25) is 0 Å². The van der Waals surface area contributed by atoms with Gasteiger partial charge in [-0.05, 0) is 85.8 Å². The molecule has 1 atom stereocenters. The lowest BCUT2D eigenvalue weighted by Crippen LogP contribution is -2.34. The molecule has 26 heavy (non-hydrogen) atoms. The monoisotopic (exact) mass is 367 g/mol. The molecule has 0 bridgehead atoms. The molecule has 0 spiro atoms. The third kappa shape index (κ3) is 4.98. The molecular weight excluding hydrogens is 338 g/mol. The van der Waals surface area contributed by atoms with Gasteiger partial charge in [-0.25, -0.2) is 0 Å². The van der Waals surface area contributed by atoms with Crippen molar-refractivity contribution in [1.29, 1.82) is 0 Å². The zero-order valence-electron chi connectivity index (χ0n) is 16.0. The number of thiocarbonyl (C=S) groups is 1. The molecule has 0 amide bonds. The number of aryl methyl sites for hydroxylation is 2. The van der Waals surface area contributed by atoms with Crippen LogP contribution < -0.4 is 15.5 Å². The predicted octanol–water partition coefficient (Wildman–Crippen LogP) is 5.03. The lowest BCUT2D eigenvalue weighted by atomic mass is 9.99. The van der Waals surface area contributed by atoms with Crippen LogP contribution in [0.25, 0.3) is 0 Å². The first-order chi connectivity index (χ1) is 12.5. The van der Waals surface area contributed by atoms with Gasteiger partial charge in [0.2, 0.25) is 0 Å². The largest absolute Gasteiger partial charge is 0.371 e. The van der Waals surface area contributed by atoms with Crippen LogP contribution in [-0.4, -0.2) is 18.2 Å². The van der Waals surface area contributed by atoms with Gasteiger partial charge in [0.15, 0.2) is 5.11 Å². The molecule has 1 saturated heterocycles. The van der Waals surface area contributed by atoms with Gasteiger partial charge in [-0.1, -0.05) is 25.1 Å². The van der Waals surface area contributed by atoms with E-state index < -0.39 is 0 Å². The summed E-state index contributed by atoms with van der Waals surface area (Å²) in [6, 6.07) is 15.1. The predicted molar refractivity (Wildman–Crippen MR) is 116 cm³/mol. The standard InChI is InChI=1S/C22H29N3S/c1-16-5-4-12-25(15-16)21-10-7-19(8-11-21)14-23-22(26)24-20-9-6-17(2)18(3)13-20/h6-11,13,16H,4-5,12,14-15H2,1-3H3,(H2,23,24,26). The Hall–Kier alpha value is -2.07. The fraction of sp³-hybridized carbons (Fsp3) is 0.409. The second-order valence-corrected chi connectivity index (χ2v) is 7.87. The summed E-state index contributed by atoms with van der Waals surface area (Å²) >= 11 is 5.42. The Labute approximate surface area is 162 Å². The molecule has 0 radical (unpaired) electrons. The third-order valence-corrected chi connectivity index (χ3v) is 5.42. The maximum absolute atomic E-state index is 5.42. The fourth-order valence-electron chi connectivity index (χ4n) is 3.43.